The Bertz CT molecular complexity index is 141. The zero-order valence-electron chi connectivity index (χ0n) is 7.25. The van der Waals surface area contributed by atoms with Crippen LogP contribution in [0.2, 0.25) is 0 Å². The molecule has 1 nitrogen and oxygen atoms in total. The fraction of sp³-hybridized carbons (Fsp3) is 1.00. The van der Waals surface area contributed by atoms with Crippen LogP contribution in [0.4, 0.5) is 8.78 Å². The van der Waals surface area contributed by atoms with Crippen molar-refractivity contribution >= 4 is 0 Å². The largest absolute Gasteiger partial charge is 0.309 e. The maximum absolute atomic E-state index is 12.3. The molecule has 0 amide bonds. The molecular formula is C8H15F2N. The van der Waals surface area contributed by atoms with Crippen LogP contribution in [0.25, 0.3) is 0 Å². The molecule has 0 saturated heterocycles. The minimum Gasteiger partial charge on any atom is -0.309 e. The Balaban J connectivity index is 2.24. The SMILES string of the molecule is CC(C)(C)NC1CC(F)(F)C1. The summed E-state index contributed by atoms with van der Waals surface area (Å²) in [6.45, 7) is 5.97. The van der Waals surface area contributed by atoms with Gasteiger partial charge in [-0.15, -0.1) is 0 Å². The van der Waals surface area contributed by atoms with Crippen molar-refractivity contribution in [1.82, 2.24) is 5.32 Å². The van der Waals surface area contributed by atoms with Gasteiger partial charge in [-0.05, 0) is 20.8 Å². The van der Waals surface area contributed by atoms with Crippen LogP contribution < -0.4 is 5.32 Å². The fourth-order valence-corrected chi connectivity index (χ4v) is 1.38. The van der Waals surface area contributed by atoms with Crippen LogP contribution in [-0.4, -0.2) is 17.5 Å². The number of hydrogen-bond acceptors (Lipinski definition) is 1. The second kappa shape index (κ2) is 2.41. The minimum absolute atomic E-state index is 0.00424. The Morgan fingerprint density at radius 2 is 1.73 bits per heavy atom. The Morgan fingerprint density at radius 3 is 2.00 bits per heavy atom. The van der Waals surface area contributed by atoms with Gasteiger partial charge in [0.25, 0.3) is 5.92 Å². The maximum Gasteiger partial charge on any atom is 0.251 e. The molecule has 1 N–H and O–H groups in total. The highest BCUT2D eigenvalue weighted by Gasteiger charge is 2.46. The average molecular weight is 163 g/mol. The lowest BCUT2D eigenvalue weighted by molar-refractivity contribution is -0.0968. The number of rotatable bonds is 1. The highest BCUT2D eigenvalue weighted by molar-refractivity contribution is 4.94. The summed E-state index contributed by atoms with van der Waals surface area (Å²) in [7, 11) is 0. The molecule has 0 aliphatic heterocycles. The summed E-state index contributed by atoms with van der Waals surface area (Å²) in [5, 5.41) is 3.13. The quantitative estimate of drug-likeness (QED) is 0.624. The third-order valence-corrected chi connectivity index (χ3v) is 1.73. The minimum atomic E-state index is -2.40. The topological polar surface area (TPSA) is 12.0 Å². The van der Waals surface area contributed by atoms with E-state index in [2.05, 4.69) is 5.32 Å². The number of halogens is 2. The predicted octanol–water partition coefficient (Wildman–Crippen LogP) is 2.17. The molecule has 0 aromatic heterocycles. The zero-order chi connectivity index (χ0) is 8.70. The molecule has 0 radical (unpaired) electrons. The highest BCUT2D eigenvalue weighted by Crippen LogP contribution is 2.38. The lowest BCUT2D eigenvalue weighted by atomic mass is 9.86. The molecule has 0 spiro atoms. The molecule has 0 bridgehead atoms. The first kappa shape index (κ1) is 8.91. The van der Waals surface area contributed by atoms with Gasteiger partial charge in [0.2, 0.25) is 0 Å². The third kappa shape index (κ3) is 2.73. The predicted molar refractivity (Wildman–Crippen MR) is 40.9 cm³/mol. The van der Waals surface area contributed by atoms with Gasteiger partial charge >= 0.3 is 0 Å². The maximum atomic E-state index is 12.3. The van der Waals surface area contributed by atoms with Crippen molar-refractivity contribution in [2.24, 2.45) is 0 Å². The van der Waals surface area contributed by atoms with Gasteiger partial charge in [0.1, 0.15) is 0 Å². The summed E-state index contributed by atoms with van der Waals surface area (Å²) in [6, 6.07) is 0.0185. The van der Waals surface area contributed by atoms with Crippen LogP contribution in [-0.2, 0) is 0 Å². The molecule has 0 atom stereocenters. The van der Waals surface area contributed by atoms with Crippen molar-refractivity contribution in [3.8, 4) is 0 Å². The Hall–Kier alpha value is -0.180. The average Bonchev–Trinajstić information content (AvgIpc) is 1.53. The monoisotopic (exact) mass is 163 g/mol. The van der Waals surface area contributed by atoms with E-state index in [1.165, 1.54) is 0 Å². The molecule has 11 heavy (non-hydrogen) atoms. The summed E-state index contributed by atoms with van der Waals surface area (Å²) < 4.78 is 24.6. The van der Waals surface area contributed by atoms with Gasteiger partial charge in [-0.2, -0.15) is 0 Å². The molecule has 0 aromatic carbocycles. The van der Waals surface area contributed by atoms with Crippen molar-refractivity contribution in [3.63, 3.8) is 0 Å². The first-order valence-electron chi connectivity index (χ1n) is 3.94. The van der Waals surface area contributed by atoms with Gasteiger partial charge in [0.05, 0.1) is 0 Å². The van der Waals surface area contributed by atoms with Gasteiger partial charge < -0.3 is 5.32 Å². The standard InChI is InChI=1S/C8H15F2N/c1-7(2,3)11-6-4-8(9,10)5-6/h6,11H,4-5H2,1-3H3. The first-order chi connectivity index (χ1) is 4.79. The van der Waals surface area contributed by atoms with Crippen LogP contribution in [0.5, 0.6) is 0 Å². The third-order valence-electron chi connectivity index (χ3n) is 1.73. The molecule has 1 rings (SSSR count). The Morgan fingerprint density at radius 1 is 1.27 bits per heavy atom. The smallest absolute Gasteiger partial charge is 0.251 e. The van der Waals surface area contributed by atoms with Gasteiger partial charge in [-0.3, -0.25) is 0 Å². The lowest BCUT2D eigenvalue weighted by Gasteiger charge is -2.39. The van der Waals surface area contributed by atoms with Crippen molar-refractivity contribution in [3.05, 3.63) is 0 Å². The van der Waals surface area contributed by atoms with Crippen LogP contribution in [0.3, 0.4) is 0 Å². The number of nitrogens with one attached hydrogen (secondary N) is 1. The van der Waals surface area contributed by atoms with E-state index in [0.717, 1.165) is 0 Å². The molecule has 0 aromatic rings. The van der Waals surface area contributed by atoms with Crippen LogP contribution in [0, 0.1) is 0 Å². The normalized spacial score (nSPS) is 24.8. The summed E-state index contributed by atoms with van der Waals surface area (Å²) in [6.07, 6.45) is 0.00847. The molecule has 1 saturated carbocycles. The van der Waals surface area contributed by atoms with Crippen LogP contribution >= 0.6 is 0 Å². The van der Waals surface area contributed by atoms with E-state index in [4.69, 9.17) is 0 Å². The Labute approximate surface area is 66.2 Å². The van der Waals surface area contributed by atoms with Crippen LogP contribution in [0.15, 0.2) is 0 Å². The Kier molecular flexibility index (Phi) is 1.95. The molecule has 1 aliphatic rings. The highest BCUT2D eigenvalue weighted by atomic mass is 19.3. The summed E-state index contributed by atoms with van der Waals surface area (Å²) in [5.41, 5.74) is -0.0405. The van der Waals surface area contributed by atoms with E-state index in [0.29, 0.717) is 0 Å². The molecule has 0 unspecified atom stereocenters. The molecular weight excluding hydrogens is 148 g/mol. The summed E-state index contributed by atoms with van der Waals surface area (Å²) in [5.74, 6) is -2.40. The second-order valence-electron chi connectivity index (χ2n) is 4.36. The van der Waals surface area contributed by atoms with Crippen molar-refractivity contribution < 1.29 is 8.78 Å². The lowest BCUT2D eigenvalue weighted by Crippen LogP contribution is -2.54. The second-order valence-corrected chi connectivity index (χ2v) is 4.36. The molecule has 1 aliphatic carbocycles. The fourth-order valence-electron chi connectivity index (χ4n) is 1.38. The van der Waals surface area contributed by atoms with E-state index in [1.807, 2.05) is 20.8 Å². The molecule has 66 valence electrons. The summed E-state index contributed by atoms with van der Waals surface area (Å²) >= 11 is 0. The van der Waals surface area contributed by atoms with E-state index < -0.39 is 5.92 Å². The molecule has 1 fully saturated rings. The van der Waals surface area contributed by atoms with Gasteiger partial charge in [-0.25, -0.2) is 8.78 Å². The van der Waals surface area contributed by atoms with Crippen molar-refractivity contribution in [2.75, 3.05) is 0 Å². The van der Waals surface area contributed by atoms with Crippen molar-refractivity contribution in [1.29, 1.82) is 0 Å². The first-order valence-corrected chi connectivity index (χ1v) is 3.94. The van der Waals surface area contributed by atoms with E-state index in [-0.39, 0.29) is 24.4 Å². The number of hydrogen-bond donors (Lipinski definition) is 1. The van der Waals surface area contributed by atoms with Gasteiger partial charge in [-0.1, -0.05) is 0 Å². The van der Waals surface area contributed by atoms with Gasteiger partial charge in [0, 0.05) is 24.4 Å². The number of alkyl halides is 2. The summed E-state index contributed by atoms with van der Waals surface area (Å²) in [4.78, 5) is 0. The van der Waals surface area contributed by atoms with E-state index >= 15 is 0 Å². The van der Waals surface area contributed by atoms with Crippen LogP contribution in [0.1, 0.15) is 33.6 Å². The molecule has 3 heteroatoms. The molecule has 0 heterocycles. The van der Waals surface area contributed by atoms with Crippen molar-refractivity contribution in [2.45, 2.75) is 51.1 Å². The van der Waals surface area contributed by atoms with E-state index in [1.54, 1.807) is 0 Å². The van der Waals surface area contributed by atoms with Gasteiger partial charge in [0.15, 0.2) is 0 Å². The zero-order valence-corrected chi connectivity index (χ0v) is 7.25. The van der Waals surface area contributed by atoms with E-state index in [9.17, 15) is 8.78 Å².